The number of aromatic nitrogens is 3. The third-order valence-corrected chi connectivity index (χ3v) is 2.39. The molecule has 0 spiro atoms. The molecule has 1 aromatic carbocycles. The Morgan fingerprint density at radius 3 is 2.37 bits per heavy atom. The molecule has 0 atom stereocenters. The summed E-state index contributed by atoms with van der Waals surface area (Å²) in [6, 6.07) is 7.43. The fourth-order valence-electron chi connectivity index (χ4n) is 1.44. The predicted octanol–water partition coefficient (Wildman–Crippen LogP) is 1.27. The zero-order chi connectivity index (χ0) is 13.8. The first-order valence-electron chi connectivity index (χ1n) is 5.68. The standard InChI is InChI=1S/C12H16N6O/c1-18(2)12-16-10(13)15-11(17-12)14-8-4-6-9(19-3)7-5-8/h4-7H,1-3H3,(H3,13,14,15,16,17). The van der Waals surface area contributed by atoms with Crippen LogP contribution >= 0.6 is 0 Å². The molecular weight excluding hydrogens is 244 g/mol. The van der Waals surface area contributed by atoms with E-state index in [1.807, 2.05) is 38.4 Å². The SMILES string of the molecule is COc1ccc(Nc2nc(N)nc(N(C)C)n2)cc1. The van der Waals surface area contributed by atoms with Crippen molar-refractivity contribution in [2.45, 2.75) is 0 Å². The highest BCUT2D eigenvalue weighted by Crippen LogP contribution is 2.19. The molecule has 1 aromatic heterocycles. The van der Waals surface area contributed by atoms with Gasteiger partial charge in [-0.15, -0.1) is 0 Å². The van der Waals surface area contributed by atoms with Gasteiger partial charge in [0.1, 0.15) is 5.75 Å². The lowest BCUT2D eigenvalue weighted by Gasteiger charge is -2.12. The van der Waals surface area contributed by atoms with Crippen molar-refractivity contribution in [3.05, 3.63) is 24.3 Å². The van der Waals surface area contributed by atoms with Crippen LogP contribution in [0.25, 0.3) is 0 Å². The highest BCUT2D eigenvalue weighted by Gasteiger charge is 2.06. The van der Waals surface area contributed by atoms with Gasteiger partial charge in [0, 0.05) is 19.8 Å². The zero-order valence-corrected chi connectivity index (χ0v) is 11.1. The first kappa shape index (κ1) is 12.9. The molecule has 19 heavy (non-hydrogen) atoms. The van der Waals surface area contributed by atoms with Gasteiger partial charge < -0.3 is 20.7 Å². The highest BCUT2D eigenvalue weighted by molar-refractivity contribution is 5.56. The van der Waals surface area contributed by atoms with Crippen LogP contribution in [0, 0.1) is 0 Å². The molecule has 0 aliphatic heterocycles. The van der Waals surface area contributed by atoms with E-state index in [-0.39, 0.29) is 5.95 Å². The van der Waals surface area contributed by atoms with E-state index in [9.17, 15) is 0 Å². The minimum Gasteiger partial charge on any atom is -0.497 e. The van der Waals surface area contributed by atoms with Crippen LogP contribution in [0.15, 0.2) is 24.3 Å². The van der Waals surface area contributed by atoms with Gasteiger partial charge in [0.15, 0.2) is 0 Å². The van der Waals surface area contributed by atoms with E-state index in [0.29, 0.717) is 11.9 Å². The first-order chi connectivity index (χ1) is 9.08. The van der Waals surface area contributed by atoms with Crippen LogP contribution in [0.5, 0.6) is 5.75 Å². The minimum absolute atomic E-state index is 0.176. The van der Waals surface area contributed by atoms with Crippen molar-refractivity contribution in [2.24, 2.45) is 0 Å². The molecule has 0 radical (unpaired) electrons. The molecule has 2 aromatic rings. The van der Waals surface area contributed by atoms with E-state index >= 15 is 0 Å². The maximum Gasteiger partial charge on any atom is 0.233 e. The van der Waals surface area contributed by atoms with Gasteiger partial charge in [0.25, 0.3) is 0 Å². The molecule has 7 heteroatoms. The Bertz CT molecular complexity index is 555. The molecule has 2 rings (SSSR count). The molecule has 0 unspecified atom stereocenters. The van der Waals surface area contributed by atoms with E-state index < -0.39 is 0 Å². The van der Waals surface area contributed by atoms with Crippen LogP contribution in [0.1, 0.15) is 0 Å². The van der Waals surface area contributed by atoms with Gasteiger partial charge >= 0.3 is 0 Å². The Morgan fingerprint density at radius 2 is 1.79 bits per heavy atom. The third kappa shape index (κ3) is 3.21. The molecule has 0 fully saturated rings. The lowest BCUT2D eigenvalue weighted by molar-refractivity contribution is 0.415. The van der Waals surface area contributed by atoms with Gasteiger partial charge in [0.05, 0.1) is 7.11 Å². The number of hydrogen-bond acceptors (Lipinski definition) is 7. The van der Waals surface area contributed by atoms with Crippen LogP contribution in [0.3, 0.4) is 0 Å². The number of methoxy groups -OCH3 is 1. The Hall–Kier alpha value is -2.57. The Morgan fingerprint density at radius 1 is 1.11 bits per heavy atom. The number of benzene rings is 1. The average molecular weight is 260 g/mol. The number of ether oxygens (including phenoxy) is 1. The van der Waals surface area contributed by atoms with Crippen molar-refractivity contribution in [2.75, 3.05) is 37.2 Å². The fourth-order valence-corrected chi connectivity index (χ4v) is 1.44. The van der Waals surface area contributed by atoms with E-state index in [1.165, 1.54) is 0 Å². The number of hydrogen-bond donors (Lipinski definition) is 2. The molecule has 0 saturated carbocycles. The summed E-state index contributed by atoms with van der Waals surface area (Å²) >= 11 is 0. The molecule has 0 aliphatic carbocycles. The zero-order valence-electron chi connectivity index (χ0n) is 11.1. The summed E-state index contributed by atoms with van der Waals surface area (Å²) in [5.74, 6) is 1.87. The van der Waals surface area contributed by atoms with Gasteiger partial charge in [0.2, 0.25) is 17.8 Å². The summed E-state index contributed by atoms with van der Waals surface area (Å²) in [5.41, 5.74) is 6.49. The summed E-state index contributed by atoms with van der Waals surface area (Å²) in [5, 5.41) is 3.07. The number of nitrogens with one attached hydrogen (secondary N) is 1. The predicted molar refractivity (Wildman–Crippen MR) is 74.8 cm³/mol. The Balaban J connectivity index is 2.22. The monoisotopic (exact) mass is 260 g/mol. The van der Waals surface area contributed by atoms with Crippen LogP contribution < -0.4 is 20.7 Å². The summed E-state index contributed by atoms with van der Waals surface area (Å²) in [6.07, 6.45) is 0. The van der Waals surface area contributed by atoms with Gasteiger partial charge in [-0.05, 0) is 24.3 Å². The van der Waals surface area contributed by atoms with E-state index in [1.54, 1.807) is 12.0 Å². The number of nitrogen functional groups attached to an aromatic ring is 1. The molecule has 1 heterocycles. The van der Waals surface area contributed by atoms with Crippen LogP contribution in [0.2, 0.25) is 0 Å². The molecule has 0 bridgehead atoms. The van der Waals surface area contributed by atoms with Crippen molar-refractivity contribution >= 4 is 23.5 Å². The molecule has 7 nitrogen and oxygen atoms in total. The molecular formula is C12H16N6O. The molecule has 0 aliphatic rings. The normalized spacial score (nSPS) is 10.1. The van der Waals surface area contributed by atoms with Crippen molar-refractivity contribution in [1.82, 2.24) is 15.0 Å². The highest BCUT2D eigenvalue weighted by atomic mass is 16.5. The van der Waals surface area contributed by atoms with Crippen LogP contribution in [-0.2, 0) is 0 Å². The molecule has 0 amide bonds. The number of rotatable bonds is 4. The van der Waals surface area contributed by atoms with Crippen molar-refractivity contribution in [3.8, 4) is 5.75 Å². The van der Waals surface area contributed by atoms with E-state index in [4.69, 9.17) is 10.5 Å². The van der Waals surface area contributed by atoms with Gasteiger partial charge in [-0.1, -0.05) is 0 Å². The molecule has 0 saturated heterocycles. The second-order valence-corrected chi connectivity index (χ2v) is 4.07. The van der Waals surface area contributed by atoms with Gasteiger partial charge in [-0.25, -0.2) is 0 Å². The quantitative estimate of drug-likeness (QED) is 0.855. The Labute approximate surface area is 111 Å². The summed E-state index contributed by atoms with van der Waals surface area (Å²) in [4.78, 5) is 14.1. The average Bonchev–Trinajstić information content (AvgIpc) is 2.39. The maximum absolute atomic E-state index is 5.65. The smallest absolute Gasteiger partial charge is 0.233 e. The summed E-state index contributed by atoms with van der Waals surface area (Å²) in [6.45, 7) is 0. The lowest BCUT2D eigenvalue weighted by Crippen LogP contribution is -2.15. The van der Waals surface area contributed by atoms with E-state index in [0.717, 1.165) is 11.4 Å². The number of anilines is 4. The lowest BCUT2D eigenvalue weighted by atomic mass is 10.3. The summed E-state index contributed by atoms with van der Waals surface area (Å²) < 4.78 is 5.09. The maximum atomic E-state index is 5.65. The van der Waals surface area contributed by atoms with Crippen LogP contribution in [-0.4, -0.2) is 36.2 Å². The largest absolute Gasteiger partial charge is 0.497 e. The number of nitrogens with zero attached hydrogens (tertiary/aromatic N) is 4. The summed E-state index contributed by atoms with van der Waals surface area (Å²) in [7, 11) is 5.30. The van der Waals surface area contributed by atoms with Crippen molar-refractivity contribution < 1.29 is 4.74 Å². The minimum atomic E-state index is 0.176. The topological polar surface area (TPSA) is 89.2 Å². The fraction of sp³-hybridized carbons (Fsp3) is 0.250. The molecule has 3 N–H and O–H groups in total. The van der Waals surface area contributed by atoms with Crippen LogP contribution in [0.4, 0.5) is 23.5 Å². The Kier molecular flexibility index (Phi) is 3.65. The second-order valence-electron chi connectivity index (χ2n) is 4.07. The number of nitrogens with two attached hydrogens (primary N) is 1. The van der Waals surface area contributed by atoms with Gasteiger partial charge in [-0.2, -0.15) is 15.0 Å². The van der Waals surface area contributed by atoms with Crippen molar-refractivity contribution in [3.63, 3.8) is 0 Å². The van der Waals surface area contributed by atoms with Gasteiger partial charge in [-0.3, -0.25) is 0 Å². The molecule has 100 valence electrons. The van der Waals surface area contributed by atoms with Crippen molar-refractivity contribution in [1.29, 1.82) is 0 Å². The third-order valence-electron chi connectivity index (χ3n) is 2.39. The van der Waals surface area contributed by atoms with E-state index in [2.05, 4.69) is 20.3 Å². The first-order valence-corrected chi connectivity index (χ1v) is 5.68. The second kappa shape index (κ2) is 5.38.